The Hall–Kier alpha value is 1.02. The number of hydrogen-bond acceptors (Lipinski definition) is 0. The molecule has 6 aliphatic carbocycles. The van der Waals surface area contributed by atoms with Crippen LogP contribution in [0.1, 0.15) is 198 Å². The normalized spacial score (nSPS) is 28.1. The quantitative estimate of drug-likeness (QED) is 0.0952. The predicted molar refractivity (Wildman–Crippen MR) is 224 cm³/mol. The van der Waals surface area contributed by atoms with Crippen molar-refractivity contribution in [2.45, 2.75) is 230 Å². The summed E-state index contributed by atoms with van der Waals surface area (Å²) in [5.41, 5.74) is 5.29. The van der Waals surface area contributed by atoms with Crippen LogP contribution < -0.4 is 0 Å². The molecule has 6 aliphatic rings. The third-order valence-electron chi connectivity index (χ3n) is 16.3. The van der Waals surface area contributed by atoms with Crippen LogP contribution in [0.25, 0.3) is 0 Å². The maximum atomic E-state index is 10.1. The number of halogens is 2. The first-order chi connectivity index (χ1) is 24.0. The van der Waals surface area contributed by atoms with Crippen molar-refractivity contribution in [3.05, 3.63) is 48.6 Å². The first-order valence-corrected chi connectivity index (χ1v) is 27.6. The van der Waals surface area contributed by atoms with Crippen molar-refractivity contribution in [1.29, 1.82) is 0 Å². The van der Waals surface area contributed by atoms with Crippen molar-refractivity contribution in [1.82, 2.24) is 0 Å². The van der Waals surface area contributed by atoms with Gasteiger partial charge in [0.05, 0.1) is 0 Å². The smallest absolute Gasteiger partial charge is 0 e. The van der Waals surface area contributed by atoms with Crippen molar-refractivity contribution in [3.63, 3.8) is 0 Å². The van der Waals surface area contributed by atoms with E-state index in [0.29, 0.717) is 11.3 Å². The molecule has 0 N–H and O–H groups in total. The molecule has 0 radical (unpaired) electrons. The Morgan fingerprint density at radius 3 is 1.26 bits per heavy atom. The summed E-state index contributed by atoms with van der Waals surface area (Å²) in [7, 11) is -1.89. The fraction of sp³-hybridized carbons (Fsp3) is 0.822. The summed E-state index contributed by atoms with van der Waals surface area (Å²) in [6.07, 6.45) is 44.2. The Labute approximate surface area is 332 Å². The average molecular weight is 848 g/mol. The maximum absolute atomic E-state index is 10.1. The minimum Gasteiger partial charge on any atom is 0 e. The summed E-state index contributed by atoms with van der Waals surface area (Å²) >= 11 is 19.2. The van der Waals surface area contributed by atoms with Gasteiger partial charge in [-0.3, -0.25) is 0 Å². The Bertz CT molecular complexity index is 1140. The van der Waals surface area contributed by atoms with Gasteiger partial charge in [0, 0.05) is 19.5 Å². The molecule has 1 aromatic carbocycles. The van der Waals surface area contributed by atoms with Crippen molar-refractivity contribution in [3.8, 4) is 0 Å². The van der Waals surface area contributed by atoms with E-state index in [4.69, 9.17) is 18.2 Å². The zero-order chi connectivity index (χ0) is 33.9. The molecule has 0 spiro atoms. The van der Waals surface area contributed by atoms with Gasteiger partial charge in [0.1, 0.15) is 0 Å². The third kappa shape index (κ3) is 6.20. The molecule has 7 rings (SSSR count). The van der Waals surface area contributed by atoms with Crippen LogP contribution in [-0.2, 0) is 24.4 Å². The summed E-state index contributed by atoms with van der Waals surface area (Å²) in [5.74, 6) is -3.52. The van der Waals surface area contributed by atoms with Gasteiger partial charge >= 0.3 is 315 Å². The van der Waals surface area contributed by atoms with E-state index in [-0.39, 0.29) is 29.0 Å². The summed E-state index contributed by atoms with van der Waals surface area (Å²) in [5, 5.41) is 0. The molecule has 1 atom stereocenters. The van der Waals surface area contributed by atoms with Crippen LogP contribution in [0.4, 0.5) is 0 Å². The van der Waals surface area contributed by atoms with Crippen LogP contribution in [0, 0.1) is 0 Å². The van der Waals surface area contributed by atoms with Gasteiger partial charge in [0.2, 0.25) is 0 Å². The molecular formula is C45H73Cl2P2Ru+. The average Bonchev–Trinajstić information content (AvgIpc) is 3.19. The molecule has 1 aromatic rings. The number of benzene rings is 1. The molecule has 0 bridgehead atoms. The number of allylic oxidation sites excluding steroid dienone is 1. The van der Waals surface area contributed by atoms with Crippen LogP contribution in [-0.4, -0.2) is 32.9 Å². The second kappa shape index (κ2) is 17.4. The molecular weight excluding hydrogens is 774 g/mol. The fourth-order valence-electron chi connectivity index (χ4n) is 14.8. The van der Waals surface area contributed by atoms with Crippen molar-refractivity contribution in [2.75, 3.05) is 0 Å². The Morgan fingerprint density at radius 1 is 0.560 bits per heavy atom. The van der Waals surface area contributed by atoms with Gasteiger partial charge in [-0.05, 0) is 0 Å². The summed E-state index contributed by atoms with van der Waals surface area (Å²) in [6.45, 7) is 5.30. The first kappa shape index (κ1) is 40.7. The van der Waals surface area contributed by atoms with E-state index in [1.807, 2.05) is 0 Å². The van der Waals surface area contributed by atoms with E-state index < -0.39 is 13.2 Å². The standard InChI is InChI=1S/C45H73Cl2P2.Ru/c1-2-45(38-24-10-3-11-25-38,48(39-26-12-4-13-27-39,40-28-14-5-15-29-40)41-30-16-6-17-31-41)49(47,42-32-18-7-19-33-42,43-34-20-8-21-35-43)44(46)36-22-9-23-37-44;/h2-3,10-11,24-25,39-43H,1,4-9,12-23,26-37H2;/q+1;. The molecule has 284 valence electrons. The Morgan fingerprint density at radius 2 is 0.900 bits per heavy atom. The van der Waals surface area contributed by atoms with Gasteiger partial charge in [0.25, 0.3) is 0 Å². The fourth-order valence-corrected chi connectivity index (χ4v) is 42.3. The largest absolute Gasteiger partial charge is 0 e. The van der Waals surface area contributed by atoms with Crippen molar-refractivity contribution < 1.29 is 19.5 Å². The monoisotopic (exact) mass is 847 g/mol. The van der Waals surface area contributed by atoms with Crippen molar-refractivity contribution >= 4 is 36.1 Å². The predicted octanol–water partition coefficient (Wildman–Crippen LogP) is 16.3. The van der Waals surface area contributed by atoms with Crippen LogP contribution >= 0.6 is 36.1 Å². The van der Waals surface area contributed by atoms with Gasteiger partial charge in [-0.2, -0.15) is 0 Å². The molecule has 6 fully saturated rings. The van der Waals surface area contributed by atoms with E-state index in [0.717, 1.165) is 29.8 Å². The van der Waals surface area contributed by atoms with E-state index in [2.05, 4.69) is 36.4 Å². The molecule has 0 nitrogen and oxygen atoms in total. The molecule has 0 aliphatic heterocycles. The van der Waals surface area contributed by atoms with Gasteiger partial charge < -0.3 is 0 Å². The number of rotatable bonds is 10. The second-order valence-corrected chi connectivity index (χ2v) is 31.6. The molecule has 0 saturated heterocycles. The SMILES string of the molecule is C=CC(c1ccccc1)([P+](C1CCCCC1)(C1CCCCC1)C1CCCCC1)P(Cl)(C1CCCCC1)(C1CCCCC1)C1(Cl)CCCCC1.[Ru]. The van der Waals surface area contributed by atoms with Crippen LogP contribution in [0.15, 0.2) is 43.0 Å². The second-order valence-electron chi connectivity index (χ2n) is 18.2. The van der Waals surface area contributed by atoms with Crippen LogP contribution in [0.2, 0.25) is 0 Å². The zero-order valence-electron chi connectivity index (χ0n) is 31.8. The van der Waals surface area contributed by atoms with Crippen LogP contribution in [0.5, 0.6) is 0 Å². The first-order valence-electron chi connectivity index (χ1n) is 22.0. The summed E-state index contributed by atoms with van der Waals surface area (Å²) < 4.78 is -0.289. The summed E-state index contributed by atoms with van der Waals surface area (Å²) in [4.78, 5) is -0.156. The Balaban J connectivity index is 0.00000432. The van der Waals surface area contributed by atoms with E-state index in [9.17, 15) is 11.2 Å². The van der Waals surface area contributed by atoms with E-state index >= 15 is 0 Å². The number of alkyl halides is 1. The minimum atomic E-state index is -3.52. The molecule has 1 unspecified atom stereocenters. The van der Waals surface area contributed by atoms with E-state index in [1.54, 1.807) is 5.56 Å². The molecule has 0 heterocycles. The van der Waals surface area contributed by atoms with E-state index in [1.165, 1.54) is 180 Å². The third-order valence-corrected chi connectivity index (χ3v) is 38.7. The Kier molecular flexibility index (Phi) is 14.2. The topological polar surface area (TPSA) is 0 Å². The van der Waals surface area contributed by atoms with Crippen LogP contribution in [0.3, 0.4) is 0 Å². The minimum absolute atomic E-state index is 0. The van der Waals surface area contributed by atoms with Gasteiger partial charge in [-0.15, -0.1) is 0 Å². The summed E-state index contributed by atoms with van der Waals surface area (Å²) in [6, 6.07) is 12.4. The molecule has 50 heavy (non-hydrogen) atoms. The number of hydrogen-bond donors (Lipinski definition) is 0. The maximum Gasteiger partial charge on any atom is 0 e. The van der Waals surface area contributed by atoms with Crippen molar-refractivity contribution in [2.24, 2.45) is 0 Å². The molecule has 5 heteroatoms. The molecule has 0 aromatic heterocycles. The van der Waals surface area contributed by atoms with Gasteiger partial charge in [-0.25, -0.2) is 0 Å². The molecule has 0 amide bonds. The zero-order valence-corrected chi connectivity index (χ0v) is 36.8. The van der Waals surface area contributed by atoms with Gasteiger partial charge in [0.15, 0.2) is 0 Å². The van der Waals surface area contributed by atoms with Gasteiger partial charge in [-0.1, -0.05) is 0 Å². The molecule has 6 saturated carbocycles.